The molecule has 0 aromatic carbocycles. The number of cyclic esters (lactones) is 1. The van der Waals surface area contributed by atoms with E-state index in [2.05, 4.69) is 6.58 Å². The molecule has 1 heterocycles. The van der Waals surface area contributed by atoms with E-state index < -0.39 is 6.09 Å². The van der Waals surface area contributed by atoms with Gasteiger partial charge in [0.15, 0.2) is 0 Å². The zero-order chi connectivity index (χ0) is 13.7. The molecule has 18 heavy (non-hydrogen) atoms. The molecule has 0 N–H and O–H groups in total. The van der Waals surface area contributed by atoms with Crippen LogP contribution in [0.15, 0.2) is 12.2 Å². The van der Waals surface area contributed by atoms with Crippen LogP contribution in [0.3, 0.4) is 0 Å². The van der Waals surface area contributed by atoms with E-state index in [-0.39, 0.29) is 17.9 Å². The number of nitrogens with zero attached hydrogens (tertiary/aromatic N) is 1. The van der Waals surface area contributed by atoms with Crippen LogP contribution in [0, 0.1) is 5.92 Å². The Morgan fingerprint density at radius 1 is 1.44 bits per heavy atom. The Bertz CT molecular complexity index is 336. The average Bonchev–Trinajstić information content (AvgIpc) is 2.66. The van der Waals surface area contributed by atoms with Gasteiger partial charge in [-0.3, -0.25) is 4.79 Å². The molecule has 2 amide bonds. The molecule has 4 heteroatoms. The molecule has 1 rings (SSSR count). The van der Waals surface area contributed by atoms with Gasteiger partial charge in [0.25, 0.3) is 0 Å². The van der Waals surface area contributed by atoms with Crippen LogP contribution in [0.2, 0.25) is 0 Å². The Kier molecular flexibility index (Phi) is 5.38. The van der Waals surface area contributed by atoms with Gasteiger partial charge < -0.3 is 4.74 Å². The van der Waals surface area contributed by atoms with Gasteiger partial charge >= 0.3 is 6.09 Å². The molecule has 0 aromatic rings. The second-order valence-electron chi connectivity index (χ2n) is 5.32. The number of amides is 2. The van der Waals surface area contributed by atoms with E-state index in [1.807, 2.05) is 20.8 Å². The summed E-state index contributed by atoms with van der Waals surface area (Å²) in [5, 5.41) is 0. The van der Waals surface area contributed by atoms with E-state index in [9.17, 15) is 9.59 Å². The van der Waals surface area contributed by atoms with Crippen molar-refractivity contribution in [2.24, 2.45) is 5.92 Å². The third kappa shape index (κ3) is 3.86. The van der Waals surface area contributed by atoms with Gasteiger partial charge in [-0.2, -0.15) is 0 Å². The van der Waals surface area contributed by atoms with Crippen molar-refractivity contribution in [3.05, 3.63) is 12.2 Å². The molecule has 1 aliphatic heterocycles. The highest BCUT2D eigenvalue weighted by Gasteiger charge is 2.38. The molecule has 4 nitrogen and oxygen atoms in total. The molecule has 1 atom stereocenters. The summed E-state index contributed by atoms with van der Waals surface area (Å²) in [5.74, 6) is 0.119. The number of rotatable bonds is 6. The number of unbranched alkanes of at least 4 members (excludes halogenated alkanes) is 1. The first-order chi connectivity index (χ1) is 8.43. The second-order valence-corrected chi connectivity index (χ2v) is 5.32. The molecule has 0 radical (unpaired) electrons. The summed E-state index contributed by atoms with van der Waals surface area (Å²) in [6, 6.07) is -0.105. The molecule has 102 valence electrons. The summed E-state index contributed by atoms with van der Waals surface area (Å²) in [5.41, 5.74) is 1.13. The van der Waals surface area contributed by atoms with Crippen molar-refractivity contribution in [1.29, 1.82) is 0 Å². The average molecular weight is 253 g/mol. The van der Waals surface area contributed by atoms with E-state index in [1.165, 1.54) is 4.90 Å². The Labute approximate surface area is 109 Å². The van der Waals surface area contributed by atoms with Crippen LogP contribution in [0.5, 0.6) is 0 Å². The van der Waals surface area contributed by atoms with Crippen molar-refractivity contribution in [2.45, 2.75) is 52.5 Å². The SMILES string of the molecule is C=C(C)CCCCC(=O)N1C(=O)OC[C@@H]1C(C)C. The van der Waals surface area contributed by atoms with Gasteiger partial charge in [-0.15, -0.1) is 6.58 Å². The maximum absolute atomic E-state index is 12.0. The summed E-state index contributed by atoms with van der Waals surface area (Å²) >= 11 is 0. The minimum absolute atomic E-state index is 0.105. The van der Waals surface area contributed by atoms with Crippen LogP contribution < -0.4 is 0 Å². The van der Waals surface area contributed by atoms with Gasteiger partial charge in [0.1, 0.15) is 6.61 Å². The fourth-order valence-electron chi connectivity index (χ4n) is 2.04. The topological polar surface area (TPSA) is 46.6 Å². The Morgan fingerprint density at radius 3 is 2.61 bits per heavy atom. The molecule has 0 bridgehead atoms. The maximum atomic E-state index is 12.0. The molecule has 0 unspecified atom stereocenters. The summed E-state index contributed by atoms with van der Waals surface area (Å²) in [6.45, 7) is 10.1. The molecule has 0 saturated carbocycles. The van der Waals surface area contributed by atoms with Crippen LogP contribution in [-0.2, 0) is 9.53 Å². The number of allylic oxidation sites excluding steroid dienone is 1. The minimum atomic E-state index is -0.487. The first-order valence-electron chi connectivity index (χ1n) is 6.56. The van der Waals surface area contributed by atoms with E-state index in [0.29, 0.717) is 13.0 Å². The van der Waals surface area contributed by atoms with Gasteiger partial charge in [0.05, 0.1) is 6.04 Å². The number of hydrogen-bond acceptors (Lipinski definition) is 3. The summed E-state index contributed by atoms with van der Waals surface area (Å²) in [4.78, 5) is 24.9. The lowest BCUT2D eigenvalue weighted by molar-refractivity contribution is -0.129. The highest BCUT2D eigenvalue weighted by Crippen LogP contribution is 2.21. The lowest BCUT2D eigenvalue weighted by atomic mass is 10.0. The zero-order valence-corrected chi connectivity index (χ0v) is 11.6. The number of hydrogen-bond donors (Lipinski definition) is 0. The number of carbonyl (C=O) groups excluding carboxylic acids is 2. The van der Waals surface area contributed by atoms with Crippen molar-refractivity contribution in [1.82, 2.24) is 4.90 Å². The molecule has 0 aliphatic carbocycles. The van der Waals surface area contributed by atoms with Gasteiger partial charge in [-0.1, -0.05) is 19.4 Å². The minimum Gasteiger partial charge on any atom is -0.447 e. The van der Waals surface area contributed by atoms with E-state index in [4.69, 9.17) is 4.74 Å². The molecule has 1 fully saturated rings. The van der Waals surface area contributed by atoms with Crippen LogP contribution >= 0.6 is 0 Å². The van der Waals surface area contributed by atoms with Gasteiger partial charge in [-0.05, 0) is 32.1 Å². The van der Waals surface area contributed by atoms with Crippen LogP contribution in [0.1, 0.15) is 46.5 Å². The van der Waals surface area contributed by atoms with Crippen molar-refractivity contribution in [3.63, 3.8) is 0 Å². The standard InChI is InChI=1S/C14H23NO3/c1-10(2)7-5-6-8-13(16)15-12(11(3)4)9-18-14(15)17/h11-12H,1,5-9H2,2-4H3/t12-/m1/s1. The van der Waals surface area contributed by atoms with Gasteiger partial charge in [0.2, 0.25) is 5.91 Å². The highest BCUT2D eigenvalue weighted by atomic mass is 16.6. The smallest absolute Gasteiger partial charge is 0.416 e. The molecule has 0 aromatic heterocycles. The van der Waals surface area contributed by atoms with Crippen molar-refractivity contribution >= 4 is 12.0 Å². The monoisotopic (exact) mass is 253 g/mol. The van der Waals surface area contributed by atoms with Crippen molar-refractivity contribution in [3.8, 4) is 0 Å². The van der Waals surface area contributed by atoms with Gasteiger partial charge in [0, 0.05) is 6.42 Å². The largest absolute Gasteiger partial charge is 0.447 e. The molecular formula is C14H23NO3. The van der Waals surface area contributed by atoms with E-state index in [1.54, 1.807) is 0 Å². The Morgan fingerprint density at radius 2 is 2.06 bits per heavy atom. The van der Waals surface area contributed by atoms with E-state index >= 15 is 0 Å². The quantitative estimate of drug-likeness (QED) is 0.539. The van der Waals surface area contributed by atoms with Crippen LogP contribution in [0.25, 0.3) is 0 Å². The first-order valence-corrected chi connectivity index (χ1v) is 6.56. The Hall–Kier alpha value is -1.32. The van der Waals surface area contributed by atoms with Crippen LogP contribution in [0.4, 0.5) is 4.79 Å². The fraction of sp³-hybridized carbons (Fsp3) is 0.714. The zero-order valence-electron chi connectivity index (χ0n) is 11.6. The molecular weight excluding hydrogens is 230 g/mol. The maximum Gasteiger partial charge on any atom is 0.416 e. The highest BCUT2D eigenvalue weighted by molar-refractivity contribution is 5.93. The number of ether oxygens (including phenoxy) is 1. The number of imide groups is 1. The fourth-order valence-corrected chi connectivity index (χ4v) is 2.04. The summed E-state index contributed by atoms with van der Waals surface area (Å²) < 4.78 is 4.96. The normalized spacial score (nSPS) is 19.2. The first kappa shape index (κ1) is 14.7. The third-order valence-electron chi connectivity index (χ3n) is 3.19. The lowest BCUT2D eigenvalue weighted by Gasteiger charge is -2.22. The molecule has 1 saturated heterocycles. The van der Waals surface area contributed by atoms with Gasteiger partial charge in [-0.25, -0.2) is 9.69 Å². The molecule has 1 aliphatic rings. The lowest BCUT2D eigenvalue weighted by Crippen LogP contribution is -2.41. The summed E-state index contributed by atoms with van der Waals surface area (Å²) in [6.07, 6.45) is 2.59. The molecule has 0 spiro atoms. The summed E-state index contributed by atoms with van der Waals surface area (Å²) in [7, 11) is 0. The Balaban J connectivity index is 2.44. The van der Waals surface area contributed by atoms with E-state index in [0.717, 1.165) is 24.8 Å². The second kappa shape index (κ2) is 6.57. The third-order valence-corrected chi connectivity index (χ3v) is 3.19. The van der Waals surface area contributed by atoms with Crippen LogP contribution in [-0.4, -0.2) is 29.5 Å². The van der Waals surface area contributed by atoms with Crippen molar-refractivity contribution in [2.75, 3.05) is 6.61 Å². The predicted octanol–water partition coefficient (Wildman–Crippen LogP) is 3.13. The predicted molar refractivity (Wildman–Crippen MR) is 70.1 cm³/mol. The number of carbonyl (C=O) groups is 2. The van der Waals surface area contributed by atoms with Crippen molar-refractivity contribution < 1.29 is 14.3 Å².